The topological polar surface area (TPSA) is 87.7 Å². The van der Waals surface area contributed by atoms with Gasteiger partial charge in [0.1, 0.15) is 22.9 Å². The van der Waals surface area contributed by atoms with E-state index in [-0.39, 0.29) is 17.9 Å². The Morgan fingerprint density at radius 1 is 1.23 bits per heavy atom. The van der Waals surface area contributed by atoms with Crippen molar-refractivity contribution in [1.29, 1.82) is 0 Å². The lowest BCUT2D eigenvalue weighted by molar-refractivity contribution is 0.00831. The van der Waals surface area contributed by atoms with Gasteiger partial charge >= 0.3 is 5.97 Å². The number of carbonyl (C=O) groups is 2. The highest BCUT2D eigenvalue weighted by atomic mass is 16.6. The molecule has 2 aromatic rings. The molecule has 0 aliphatic carbocycles. The fourth-order valence-electron chi connectivity index (χ4n) is 3.85. The summed E-state index contributed by atoms with van der Waals surface area (Å²) >= 11 is 0. The van der Waals surface area contributed by atoms with Crippen LogP contribution in [0.1, 0.15) is 65.4 Å². The number of rotatable bonds is 5. The number of fused-ring (bicyclic) bond motifs is 2. The number of nitrogens with zero attached hydrogens (tertiary/aromatic N) is 4. The van der Waals surface area contributed by atoms with Crippen molar-refractivity contribution in [3.8, 4) is 0 Å². The van der Waals surface area contributed by atoms with Crippen molar-refractivity contribution in [2.24, 2.45) is 0 Å². The molecule has 0 aromatic carbocycles. The van der Waals surface area contributed by atoms with Gasteiger partial charge in [-0.2, -0.15) is 0 Å². The van der Waals surface area contributed by atoms with Gasteiger partial charge in [-0.1, -0.05) is 0 Å². The van der Waals surface area contributed by atoms with E-state index in [1.807, 2.05) is 20.2 Å². The van der Waals surface area contributed by atoms with E-state index < -0.39 is 5.60 Å². The standard InChI is InChI=1S/C22H27N5O3/c1-12(2)26(6)18-9-14-15(16(24-18)10-23-5)11-27(20(14)28)17-8-7-13-19(25-17)22(3,4)30-21(13)29/h7-9,12,23H,10-11H2,1-6H3. The van der Waals surface area contributed by atoms with Gasteiger partial charge in [-0.25, -0.2) is 14.8 Å². The van der Waals surface area contributed by atoms with Crippen molar-refractivity contribution in [3.05, 3.63) is 46.3 Å². The van der Waals surface area contributed by atoms with Crippen LogP contribution in [0.5, 0.6) is 0 Å². The zero-order valence-corrected chi connectivity index (χ0v) is 18.2. The van der Waals surface area contributed by atoms with Gasteiger partial charge in [-0.3, -0.25) is 9.69 Å². The Morgan fingerprint density at radius 3 is 2.63 bits per heavy atom. The number of hydrogen-bond acceptors (Lipinski definition) is 7. The number of ether oxygens (including phenoxy) is 1. The van der Waals surface area contributed by atoms with Crippen LogP contribution in [0.15, 0.2) is 18.2 Å². The number of anilines is 2. The molecule has 2 aliphatic rings. The molecule has 2 aromatic heterocycles. The molecule has 1 amide bonds. The summed E-state index contributed by atoms with van der Waals surface area (Å²) in [7, 11) is 3.84. The number of hydrogen-bond donors (Lipinski definition) is 1. The molecule has 1 N–H and O–H groups in total. The molecule has 0 saturated heterocycles. The van der Waals surface area contributed by atoms with Crippen LogP contribution in [-0.2, 0) is 23.4 Å². The number of aromatic nitrogens is 2. The molecule has 0 atom stereocenters. The Bertz CT molecular complexity index is 1050. The van der Waals surface area contributed by atoms with Crippen LogP contribution in [0.25, 0.3) is 0 Å². The molecule has 4 heterocycles. The third kappa shape index (κ3) is 3.11. The second-order valence-electron chi connectivity index (χ2n) is 8.54. The fourth-order valence-corrected chi connectivity index (χ4v) is 3.85. The maximum Gasteiger partial charge on any atom is 0.341 e. The molecule has 4 rings (SSSR count). The monoisotopic (exact) mass is 409 g/mol. The summed E-state index contributed by atoms with van der Waals surface area (Å²) in [5.74, 6) is 0.785. The molecule has 0 bridgehead atoms. The fraction of sp³-hybridized carbons (Fsp3) is 0.455. The molecule has 0 unspecified atom stereocenters. The number of nitrogens with one attached hydrogen (secondary N) is 1. The van der Waals surface area contributed by atoms with Crippen LogP contribution >= 0.6 is 0 Å². The van der Waals surface area contributed by atoms with E-state index in [2.05, 4.69) is 29.0 Å². The highest BCUT2D eigenvalue weighted by Gasteiger charge is 2.41. The summed E-state index contributed by atoms with van der Waals surface area (Å²) in [4.78, 5) is 38.6. The maximum atomic E-state index is 13.3. The van der Waals surface area contributed by atoms with E-state index in [1.165, 1.54) is 0 Å². The second kappa shape index (κ2) is 7.05. The van der Waals surface area contributed by atoms with Gasteiger partial charge < -0.3 is 15.0 Å². The van der Waals surface area contributed by atoms with E-state index in [1.54, 1.807) is 30.9 Å². The average Bonchev–Trinajstić information content (AvgIpc) is 3.14. The van der Waals surface area contributed by atoms with Crippen LogP contribution in [0.3, 0.4) is 0 Å². The highest BCUT2D eigenvalue weighted by molar-refractivity contribution is 6.10. The van der Waals surface area contributed by atoms with E-state index in [9.17, 15) is 9.59 Å². The van der Waals surface area contributed by atoms with Crippen LogP contribution < -0.4 is 15.1 Å². The number of carbonyl (C=O) groups excluding carboxylic acids is 2. The molecular formula is C22H27N5O3. The smallest absolute Gasteiger partial charge is 0.341 e. The third-order valence-electron chi connectivity index (χ3n) is 5.76. The van der Waals surface area contributed by atoms with Gasteiger partial charge in [0.05, 0.1) is 23.4 Å². The van der Waals surface area contributed by atoms with Gasteiger partial charge in [0.25, 0.3) is 5.91 Å². The van der Waals surface area contributed by atoms with E-state index in [0.717, 1.165) is 17.1 Å². The highest BCUT2D eigenvalue weighted by Crippen LogP contribution is 2.37. The van der Waals surface area contributed by atoms with Crippen molar-refractivity contribution in [3.63, 3.8) is 0 Å². The number of esters is 1. The molecule has 30 heavy (non-hydrogen) atoms. The average molecular weight is 409 g/mol. The number of pyridine rings is 2. The summed E-state index contributed by atoms with van der Waals surface area (Å²) in [6, 6.07) is 5.51. The first-order chi connectivity index (χ1) is 14.1. The summed E-state index contributed by atoms with van der Waals surface area (Å²) in [6.45, 7) is 8.73. The number of amides is 1. The Balaban J connectivity index is 1.76. The third-order valence-corrected chi connectivity index (χ3v) is 5.76. The van der Waals surface area contributed by atoms with Gasteiger partial charge in [-0.15, -0.1) is 0 Å². The summed E-state index contributed by atoms with van der Waals surface area (Å²) < 4.78 is 5.41. The second-order valence-corrected chi connectivity index (χ2v) is 8.54. The zero-order chi connectivity index (χ0) is 21.8. The van der Waals surface area contributed by atoms with Gasteiger partial charge in [-0.05, 0) is 52.9 Å². The molecule has 0 fully saturated rings. The Hall–Kier alpha value is -3.00. The normalized spacial score (nSPS) is 16.7. The lowest BCUT2D eigenvalue weighted by Crippen LogP contribution is -2.28. The minimum Gasteiger partial charge on any atom is -0.449 e. The molecule has 8 nitrogen and oxygen atoms in total. The van der Waals surface area contributed by atoms with Gasteiger partial charge in [0.2, 0.25) is 0 Å². The Morgan fingerprint density at radius 2 is 1.97 bits per heavy atom. The molecular weight excluding hydrogens is 382 g/mol. The van der Waals surface area contributed by atoms with Crippen LogP contribution in [0, 0.1) is 0 Å². The first kappa shape index (κ1) is 20.3. The van der Waals surface area contributed by atoms with Crippen LogP contribution in [-0.4, -0.2) is 42.0 Å². The Kier molecular flexibility index (Phi) is 4.77. The lowest BCUT2D eigenvalue weighted by Gasteiger charge is -2.24. The quantitative estimate of drug-likeness (QED) is 0.760. The van der Waals surface area contributed by atoms with Gasteiger partial charge in [0.15, 0.2) is 0 Å². The van der Waals surface area contributed by atoms with Crippen molar-refractivity contribution in [2.45, 2.75) is 52.4 Å². The van der Waals surface area contributed by atoms with Crippen molar-refractivity contribution >= 4 is 23.5 Å². The zero-order valence-electron chi connectivity index (χ0n) is 18.2. The minimum atomic E-state index is -0.815. The predicted molar refractivity (Wildman–Crippen MR) is 114 cm³/mol. The van der Waals surface area contributed by atoms with Crippen molar-refractivity contribution in [1.82, 2.24) is 15.3 Å². The molecule has 0 spiro atoms. The van der Waals surface area contributed by atoms with Crippen molar-refractivity contribution < 1.29 is 14.3 Å². The van der Waals surface area contributed by atoms with E-state index in [0.29, 0.717) is 35.7 Å². The first-order valence-corrected chi connectivity index (χ1v) is 10.1. The minimum absolute atomic E-state index is 0.112. The SMILES string of the molecule is CNCc1nc(N(C)C(C)C)cc2c1CN(c1ccc3c(n1)C(C)(C)OC3=O)C2=O. The Labute approximate surface area is 176 Å². The lowest BCUT2D eigenvalue weighted by atomic mass is 10.0. The van der Waals surface area contributed by atoms with Crippen LogP contribution in [0.4, 0.5) is 11.6 Å². The largest absolute Gasteiger partial charge is 0.449 e. The molecule has 8 heteroatoms. The molecule has 158 valence electrons. The molecule has 0 saturated carbocycles. The molecule has 0 radical (unpaired) electrons. The maximum absolute atomic E-state index is 13.3. The van der Waals surface area contributed by atoms with Crippen LogP contribution in [0.2, 0.25) is 0 Å². The van der Waals surface area contributed by atoms with E-state index >= 15 is 0 Å². The van der Waals surface area contributed by atoms with Gasteiger partial charge in [0, 0.05) is 25.2 Å². The summed E-state index contributed by atoms with van der Waals surface area (Å²) in [5.41, 5.74) is 2.60. The molecule has 2 aliphatic heterocycles. The number of cyclic esters (lactones) is 1. The summed E-state index contributed by atoms with van der Waals surface area (Å²) in [5, 5.41) is 3.15. The van der Waals surface area contributed by atoms with Crippen molar-refractivity contribution in [2.75, 3.05) is 23.9 Å². The first-order valence-electron chi connectivity index (χ1n) is 10.1. The van der Waals surface area contributed by atoms with E-state index in [4.69, 9.17) is 9.72 Å². The summed E-state index contributed by atoms with van der Waals surface area (Å²) in [6.07, 6.45) is 0. The predicted octanol–water partition coefficient (Wildman–Crippen LogP) is 2.61.